The molecule has 0 aliphatic carbocycles. The van der Waals surface area contributed by atoms with E-state index in [1.54, 1.807) is 0 Å². The van der Waals surface area contributed by atoms with E-state index in [-0.39, 0.29) is 16.2 Å². The Morgan fingerprint density at radius 1 is 1.03 bits per heavy atom. The van der Waals surface area contributed by atoms with Gasteiger partial charge in [0.2, 0.25) is 0 Å². The molecule has 0 spiro atoms. The van der Waals surface area contributed by atoms with Crippen molar-refractivity contribution in [3.8, 4) is 0 Å². The van der Waals surface area contributed by atoms with Gasteiger partial charge in [-0.15, -0.1) is 0 Å². The summed E-state index contributed by atoms with van der Waals surface area (Å²) in [5.41, 5.74) is 1.36. The number of piperazine rings is 1. The maximum atomic E-state index is 13.7. The molecule has 9 heteroatoms. The highest BCUT2D eigenvalue weighted by Gasteiger charge is 2.48. The van der Waals surface area contributed by atoms with Gasteiger partial charge in [0.05, 0.1) is 21.7 Å². The largest absolute Gasteiger partial charge is 0.297 e. The average molecular weight is 493 g/mol. The van der Waals surface area contributed by atoms with Crippen LogP contribution in [0.3, 0.4) is 0 Å². The zero-order valence-corrected chi connectivity index (χ0v) is 20.2. The normalized spacial score (nSPS) is 24.4. The molecule has 2 aromatic carbocycles. The number of aryl methyl sites for hydroxylation is 1. The molecule has 2 aliphatic heterocycles. The Morgan fingerprint density at radius 2 is 1.73 bits per heavy atom. The van der Waals surface area contributed by atoms with Crippen LogP contribution in [0.4, 0.5) is 4.39 Å². The molecule has 178 valence electrons. The molecule has 4 rings (SSSR count). The van der Waals surface area contributed by atoms with Crippen LogP contribution in [0.15, 0.2) is 59.5 Å². The summed E-state index contributed by atoms with van der Waals surface area (Å²) in [6.45, 7) is 4.96. The highest BCUT2D eigenvalue weighted by Crippen LogP contribution is 2.30. The second-order valence-corrected chi connectivity index (χ2v) is 13.1. The van der Waals surface area contributed by atoms with Crippen molar-refractivity contribution in [2.24, 2.45) is 0 Å². The van der Waals surface area contributed by atoms with Gasteiger partial charge in [0.25, 0.3) is 0 Å². The molecule has 0 N–H and O–H groups in total. The van der Waals surface area contributed by atoms with Crippen LogP contribution >= 0.6 is 0 Å². The van der Waals surface area contributed by atoms with Crippen LogP contribution in [-0.4, -0.2) is 82.2 Å². The number of hydrogen-bond donors (Lipinski definition) is 0. The first-order valence-electron chi connectivity index (χ1n) is 11.0. The van der Waals surface area contributed by atoms with Gasteiger partial charge in [-0.05, 0) is 36.2 Å². The molecular formula is C24H29FN2O4S2. The molecule has 0 amide bonds. The summed E-state index contributed by atoms with van der Waals surface area (Å²) in [5.74, 6) is -1.04. The molecule has 0 aromatic heterocycles. The second kappa shape index (κ2) is 9.66. The standard InChI is InChI=1S/C24H29FN2O4S2/c1-19-16-21(9-10-22(19)25)33(30,31)24-18-32(28,29)17-23(24)27-14-12-26(13-15-27)11-5-8-20-6-3-2-4-7-20/h2-10,16,23-24H,11-15,17-18H2,1H3/t23-,24-/m0/s1. The molecule has 2 aromatic rings. The van der Waals surface area contributed by atoms with E-state index < -0.39 is 42.5 Å². The van der Waals surface area contributed by atoms with E-state index in [2.05, 4.69) is 17.1 Å². The minimum atomic E-state index is -3.92. The van der Waals surface area contributed by atoms with Crippen LogP contribution in [0.25, 0.3) is 6.08 Å². The van der Waals surface area contributed by atoms with E-state index in [1.807, 2.05) is 35.2 Å². The van der Waals surface area contributed by atoms with Gasteiger partial charge in [0.15, 0.2) is 19.7 Å². The molecule has 2 saturated heterocycles. The van der Waals surface area contributed by atoms with Gasteiger partial charge in [-0.25, -0.2) is 21.2 Å². The van der Waals surface area contributed by atoms with Crippen molar-refractivity contribution in [1.29, 1.82) is 0 Å². The van der Waals surface area contributed by atoms with E-state index in [9.17, 15) is 21.2 Å². The monoisotopic (exact) mass is 492 g/mol. The topological polar surface area (TPSA) is 74.8 Å². The summed E-state index contributed by atoms with van der Waals surface area (Å²) in [4.78, 5) is 4.26. The fourth-order valence-corrected chi connectivity index (χ4v) is 9.50. The molecular weight excluding hydrogens is 463 g/mol. The van der Waals surface area contributed by atoms with E-state index in [4.69, 9.17) is 0 Å². The van der Waals surface area contributed by atoms with Gasteiger partial charge in [-0.1, -0.05) is 42.5 Å². The van der Waals surface area contributed by atoms with E-state index in [0.29, 0.717) is 13.1 Å². The van der Waals surface area contributed by atoms with Gasteiger partial charge in [0.1, 0.15) is 5.82 Å². The minimum absolute atomic E-state index is 0.0156. The summed E-state index contributed by atoms with van der Waals surface area (Å²) >= 11 is 0. The van der Waals surface area contributed by atoms with E-state index >= 15 is 0 Å². The zero-order chi connectivity index (χ0) is 23.6. The molecule has 2 aliphatic rings. The number of benzene rings is 2. The lowest BCUT2D eigenvalue weighted by atomic mass is 10.1. The van der Waals surface area contributed by atoms with E-state index in [0.717, 1.165) is 31.3 Å². The number of hydrogen-bond acceptors (Lipinski definition) is 6. The van der Waals surface area contributed by atoms with Crippen molar-refractivity contribution >= 4 is 25.8 Å². The number of halogens is 1. The first-order chi connectivity index (χ1) is 15.7. The van der Waals surface area contributed by atoms with Crippen molar-refractivity contribution in [3.05, 3.63) is 71.6 Å². The number of rotatable bonds is 6. The third-order valence-electron chi connectivity index (χ3n) is 6.48. The third-order valence-corrected chi connectivity index (χ3v) is 10.6. The Labute approximate surface area is 195 Å². The zero-order valence-electron chi connectivity index (χ0n) is 18.6. The summed E-state index contributed by atoms with van der Waals surface area (Å²) in [7, 11) is -7.40. The average Bonchev–Trinajstić information content (AvgIpc) is 3.13. The molecule has 0 saturated carbocycles. The molecule has 6 nitrogen and oxygen atoms in total. The SMILES string of the molecule is Cc1cc(S(=O)(=O)[C@H]2CS(=O)(=O)C[C@@H]2N2CCN(CC=Cc3ccccc3)CC2)ccc1F. The smallest absolute Gasteiger partial charge is 0.183 e. The van der Waals surface area contributed by atoms with Gasteiger partial charge in [-0.3, -0.25) is 9.80 Å². The van der Waals surface area contributed by atoms with Crippen LogP contribution in [-0.2, 0) is 19.7 Å². The number of nitrogens with zero attached hydrogens (tertiary/aromatic N) is 2. The van der Waals surface area contributed by atoms with Crippen LogP contribution in [0.2, 0.25) is 0 Å². The summed E-state index contributed by atoms with van der Waals surface area (Å²) < 4.78 is 65.3. The summed E-state index contributed by atoms with van der Waals surface area (Å²) in [5, 5.41) is -1.04. The lowest BCUT2D eigenvalue weighted by Gasteiger charge is -2.39. The van der Waals surface area contributed by atoms with Crippen molar-refractivity contribution < 1.29 is 21.2 Å². The maximum absolute atomic E-state index is 13.7. The quantitative estimate of drug-likeness (QED) is 0.577. The van der Waals surface area contributed by atoms with E-state index in [1.165, 1.54) is 19.1 Å². The fraction of sp³-hybridized carbons (Fsp3) is 0.417. The highest BCUT2D eigenvalue weighted by molar-refractivity contribution is 7.96. The Hall–Kier alpha value is -2.07. The molecule has 2 atom stereocenters. The predicted octanol–water partition coefficient (Wildman–Crippen LogP) is 2.40. The van der Waals surface area contributed by atoms with Gasteiger partial charge < -0.3 is 0 Å². The van der Waals surface area contributed by atoms with Crippen molar-refractivity contribution in [3.63, 3.8) is 0 Å². The second-order valence-electron chi connectivity index (χ2n) is 8.79. The van der Waals surface area contributed by atoms with Crippen LogP contribution in [0.5, 0.6) is 0 Å². The molecule has 0 unspecified atom stereocenters. The maximum Gasteiger partial charge on any atom is 0.183 e. The lowest BCUT2D eigenvalue weighted by molar-refractivity contribution is 0.113. The van der Waals surface area contributed by atoms with Crippen molar-refractivity contribution in [2.45, 2.75) is 23.1 Å². The molecule has 33 heavy (non-hydrogen) atoms. The first kappa shape index (κ1) is 24.1. The molecule has 2 heterocycles. The predicted molar refractivity (Wildman–Crippen MR) is 128 cm³/mol. The van der Waals surface area contributed by atoms with Gasteiger partial charge in [-0.2, -0.15) is 0 Å². The Kier molecular flexibility index (Phi) is 7.04. The molecule has 2 fully saturated rings. The third kappa shape index (κ3) is 5.54. The van der Waals surface area contributed by atoms with Gasteiger partial charge in [0, 0.05) is 38.8 Å². The van der Waals surface area contributed by atoms with Gasteiger partial charge >= 0.3 is 0 Å². The Morgan fingerprint density at radius 3 is 2.39 bits per heavy atom. The van der Waals surface area contributed by atoms with Crippen LogP contribution in [0.1, 0.15) is 11.1 Å². The van der Waals surface area contributed by atoms with Crippen molar-refractivity contribution in [2.75, 3.05) is 44.2 Å². The lowest BCUT2D eigenvalue weighted by Crippen LogP contribution is -2.54. The van der Waals surface area contributed by atoms with Crippen LogP contribution in [0, 0.1) is 12.7 Å². The molecule has 0 radical (unpaired) electrons. The minimum Gasteiger partial charge on any atom is -0.297 e. The van der Waals surface area contributed by atoms with Crippen molar-refractivity contribution in [1.82, 2.24) is 9.80 Å². The summed E-state index contributed by atoms with van der Waals surface area (Å²) in [6, 6.07) is 13.1. The Bertz CT molecular complexity index is 1220. The molecule has 0 bridgehead atoms. The first-order valence-corrected chi connectivity index (χ1v) is 14.4. The van der Waals surface area contributed by atoms with Crippen LogP contribution < -0.4 is 0 Å². The highest BCUT2D eigenvalue weighted by atomic mass is 32.2. The Balaban J connectivity index is 1.44. The summed E-state index contributed by atoms with van der Waals surface area (Å²) in [6.07, 6.45) is 4.18. The fourth-order valence-electron chi connectivity index (χ4n) is 4.58. The number of sulfone groups is 2.